The van der Waals surface area contributed by atoms with Crippen LogP contribution in [-0.4, -0.2) is 20.6 Å². The predicted octanol–water partition coefficient (Wildman–Crippen LogP) is 5.30. The van der Waals surface area contributed by atoms with Crippen LogP contribution < -0.4 is 5.32 Å². The summed E-state index contributed by atoms with van der Waals surface area (Å²) in [5.41, 5.74) is 3.75. The lowest BCUT2D eigenvalue weighted by Gasteiger charge is -2.07. The van der Waals surface area contributed by atoms with Crippen molar-refractivity contribution >= 4 is 23.4 Å². The molecule has 0 atom stereocenters. The zero-order valence-electron chi connectivity index (χ0n) is 18.2. The van der Waals surface area contributed by atoms with E-state index in [1.807, 2.05) is 55.5 Å². The van der Waals surface area contributed by atoms with Crippen LogP contribution in [0.25, 0.3) is 23.0 Å². The minimum absolute atomic E-state index is 0.0429. The first kappa shape index (κ1) is 22.2. The van der Waals surface area contributed by atoms with Gasteiger partial charge in [-0.3, -0.25) is 14.9 Å². The van der Waals surface area contributed by atoms with Crippen LogP contribution in [0.1, 0.15) is 11.1 Å². The van der Waals surface area contributed by atoms with E-state index in [-0.39, 0.29) is 11.3 Å². The zero-order chi connectivity index (χ0) is 24.1. The van der Waals surface area contributed by atoms with E-state index in [4.69, 9.17) is 0 Å². The molecule has 0 radical (unpaired) electrons. The van der Waals surface area contributed by atoms with Crippen LogP contribution in [-0.2, 0) is 4.79 Å². The molecule has 0 saturated heterocycles. The van der Waals surface area contributed by atoms with E-state index in [1.165, 1.54) is 18.2 Å². The van der Waals surface area contributed by atoms with Gasteiger partial charge in [0.2, 0.25) is 0 Å². The van der Waals surface area contributed by atoms with Crippen LogP contribution in [0, 0.1) is 28.4 Å². The SMILES string of the molecule is Cc1ccccc1NC(=O)/C(C#N)=C/c1cn(-c2ccccc2)nc1-c1ccc([N+](=O)[O-])cc1. The van der Waals surface area contributed by atoms with Gasteiger partial charge in [0, 0.05) is 35.1 Å². The van der Waals surface area contributed by atoms with Gasteiger partial charge < -0.3 is 5.32 Å². The highest BCUT2D eigenvalue weighted by molar-refractivity contribution is 6.10. The first-order chi connectivity index (χ1) is 16.5. The molecule has 1 N–H and O–H groups in total. The second-order valence-corrected chi connectivity index (χ2v) is 7.46. The molecule has 8 heteroatoms. The monoisotopic (exact) mass is 449 g/mol. The van der Waals surface area contributed by atoms with Crippen molar-refractivity contribution in [3.05, 3.63) is 112 Å². The number of nitriles is 1. The molecule has 0 aliphatic rings. The average Bonchev–Trinajstić information content (AvgIpc) is 3.28. The van der Waals surface area contributed by atoms with E-state index < -0.39 is 10.8 Å². The number of non-ortho nitro benzene ring substituents is 1. The molecule has 1 amide bonds. The molecule has 0 saturated carbocycles. The number of anilines is 1. The Morgan fingerprint density at radius 2 is 1.74 bits per heavy atom. The largest absolute Gasteiger partial charge is 0.321 e. The van der Waals surface area contributed by atoms with Gasteiger partial charge in [-0.25, -0.2) is 4.68 Å². The molecule has 4 rings (SSSR count). The van der Waals surface area contributed by atoms with Gasteiger partial charge in [0.15, 0.2) is 0 Å². The third-order valence-corrected chi connectivity index (χ3v) is 5.17. The number of hydrogen-bond acceptors (Lipinski definition) is 5. The molecule has 3 aromatic carbocycles. The second-order valence-electron chi connectivity index (χ2n) is 7.46. The van der Waals surface area contributed by atoms with Crippen molar-refractivity contribution in [1.82, 2.24) is 9.78 Å². The third kappa shape index (κ3) is 4.74. The fourth-order valence-corrected chi connectivity index (χ4v) is 3.38. The molecule has 0 unspecified atom stereocenters. The number of hydrogen-bond donors (Lipinski definition) is 1. The number of carbonyl (C=O) groups excluding carboxylic acids is 1. The first-order valence-electron chi connectivity index (χ1n) is 10.3. The Labute approximate surface area is 195 Å². The van der Waals surface area contributed by atoms with Crippen LogP contribution in [0.2, 0.25) is 0 Å². The second kappa shape index (κ2) is 9.63. The molecule has 0 aliphatic carbocycles. The topological polar surface area (TPSA) is 114 Å². The van der Waals surface area contributed by atoms with Gasteiger partial charge in [-0.1, -0.05) is 36.4 Å². The smallest absolute Gasteiger partial charge is 0.269 e. The maximum atomic E-state index is 12.8. The summed E-state index contributed by atoms with van der Waals surface area (Å²) >= 11 is 0. The van der Waals surface area contributed by atoms with E-state index >= 15 is 0 Å². The summed E-state index contributed by atoms with van der Waals surface area (Å²) < 4.78 is 1.64. The normalized spacial score (nSPS) is 11.0. The lowest BCUT2D eigenvalue weighted by Crippen LogP contribution is -2.14. The summed E-state index contributed by atoms with van der Waals surface area (Å²) in [6, 6.07) is 24.6. The molecule has 0 spiro atoms. The summed E-state index contributed by atoms with van der Waals surface area (Å²) in [6.45, 7) is 1.86. The van der Waals surface area contributed by atoms with Crippen molar-refractivity contribution in [1.29, 1.82) is 5.26 Å². The fraction of sp³-hybridized carbons (Fsp3) is 0.0385. The van der Waals surface area contributed by atoms with E-state index in [2.05, 4.69) is 10.4 Å². The van der Waals surface area contributed by atoms with Crippen LogP contribution in [0.5, 0.6) is 0 Å². The fourth-order valence-electron chi connectivity index (χ4n) is 3.38. The number of benzene rings is 3. The Morgan fingerprint density at radius 1 is 1.06 bits per heavy atom. The number of nitro groups is 1. The number of nitrogens with zero attached hydrogens (tertiary/aromatic N) is 4. The molecule has 0 aliphatic heterocycles. The summed E-state index contributed by atoms with van der Waals surface area (Å²) in [6.07, 6.45) is 3.18. The number of rotatable bonds is 6. The molecule has 166 valence electrons. The summed E-state index contributed by atoms with van der Waals surface area (Å²) in [7, 11) is 0. The molecule has 1 heterocycles. The number of nitro benzene ring substituents is 1. The van der Waals surface area contributed by atoms with Crippen molar-refractivity contribution in [2.75, 3.05) is 5.32 Å². The summed E-state index contributed by atoms with van der Waals surface area (Å²) in [5, 5.41) is 28.1. The highest BCUT2D eigenvalue weighted by atomic mass is 16.6. The number of amides is 1. The van der Waals surface area contributed by atoms with Crippen LogP contribution in [0.15, 0.2) is 90.6 Å². The zero-order valence-corrected chi connectivity index (χ0v) is 18.2. The highest BCUT2D eigenvalue weighted by Crippen LogP contribution is 2.28. The van der Waals surface area contributed by atoms with Gasteiger partial charge in [-0.15, -0.1) is 0 Å². The first-order valence-corrected chi connectivity index (χ1v) is 10.3. The Balaban J connectivity index is 1.77. The van der Waals surface area contributed by atoms with Gasteiger partial charge >= 0.3 is 0 Å². The summed E-state index contributed by atoms with van der Waals surface area (Å²) in [4.78, 5) is 23.4. The standard InChI is InChI=1S/C26H19N5O3/c1-18-7-5-6-10-24(18)28-26(32)20(16-27)15-21-17-30(22-8-3-2-4-9-22)29-25(21)19-11-13-23(14-12-19)31(33)34/h2-15,17H,1H3,(H,28,32)/b20-15+. The lowest BCUT2D eigenvalue weighted by molar-refractivity contribution is -0.384. The minimum atomic E-state index is -0.543. The van der Waals surface area contributed by atoms with Gasteiger partial charge in [0.25, 0.3) is 11.6 Å². The Hall–Kier alpha value is -5.03. The highest BCUT2D eigenvalue weighted by Gasteiger charge is 2.16. The van der Waals surface area contributed by atoms with Gasteiger partial charge in [-0.2, -0.15) is 10.4 Å². The molecular formula is C26H19N5O3. The van der Waals surface area contributed by atoms with E-state index in [9.17, 15) is 20.2 Å². The van der Waals surface area contributed by atoms with Crippen LogP contribution in [0.4, 0.5) is 11.4 Å². The van der Waals surface area contributed by atoms with Crippen LogP contribution >= 0.6 is 0 Å². The lowest BCUT2D eigenvalue weighted by atomic mass is 10.1. The molecule has 4 aromatic rings. The van der Waals surface area contributed by atoms with Crippen molar-refractivity contribution in [2.24, 2.45) is 0 Å². The predicted molar refractivity (Wildman–Crippen MR) is 129 cm³/mol. The number of para-hydroxylation sites is 2. The maximum Gasteiger partial charge on any atom is 0.269 e. The van der Waals surface area contributed by atoms with E-state index in [0.29, 0.717) is 22.5 Å². The van der Waals surface area contributed by atoms with Gasteiger partial charge in [-0.05, 0) is 48.9 Å². The van der Waals surface area contributed by atoms with Crippen molar-refractivity contribution in [3.8, 4) is 23.0 Å². The summed E-state index contributed by atoms with van der Waals surface area (Å²) in [5.74, 6) is -0.543. The Bertz CT molecular complexity index is 1430. The van der Waals surface area contributed by atoms with Crippen molar-refractivity contribution in [3.63, 3.8) is 0 Å². The Morgan fingerprint density at radius 3 is 2.38 bits per heavy atom. The molecule has 8 nitrogen and oxygen atoms in total. The molecule has 0 fully saturated rings. The maximum absolute atomic E-state index is 12.8. The van der Waals surface area contributed by atoms with Gasteiger partial charge in [0.1, 0.15) is 17.3 Å². The van der Waals surface area contributed by atoms with Crippen LogP contribution in [0.3, 0.4) is 0 Å². The average molecular weight is 449 g/mol. The van der Waals surface area contributed by atoms with Gasteiger partial charge in [0.05, 0.1) is 10.6 Å². The van der Waals surface area contributed by atoms with E-state index in [0.717, 1.165) is 11.3 Å². The number of aryl methyl sites for hydroxylation is 1. The molecule has 1 aromatic heterocycles. The number of carbonyl (C=O) groups is 1. The number of aromatic nitrogens is 2. The van der Waals surface area contributed by atoms with Crippen molar-refractivity contribution < 1.29 is 9.72 Å². The third-order valence-electron chi connectivity index (χ3n) is 5.17. The molecule has 34 heavy (non-hydrogen) atoms. The number of nitrogens with one attached hydrogen (secondary N) is 1. The quantitative estimate of drug-likeness (QED) is 0.186. The van der Waals surface area contributed by atoms with Crippen molar-refractivity contribution in [2.45, 2.75) is 6.92 Å². The molecule has 0 bridgehead atoms. The minimum Gasteiger partial charge on any atom is -0.321 e. The molecular weight excluding hydrogens is 430 g/mol. The van der Waals surface area contributed by atoms with E-state index in [1.54, 1.807) is 35.1 Å². The Kier molecular flexibility index (Phi) is 6.28.